The van der Waals surface area contributed by atoms with Crippen LogP contribution in [0.4, 0.5) is 0 Å². The van der Waals surface area contributed by atoms with Gasteiger partial charge in [-0.25, -0.2) is 0 Å². The van der Waals surface area contributed by atoms with E-state index in [1.807, 2.05) is 0 Å². The lowest BCUT2D eigenvalue weighted by Gasteiger charge is -2.59. The highest BCUT2D eigenvalue weighted by atomic mass is 32.2. The largest absolute Gasteiger partial charge is 0.356 e. The van der Waals surface area contributed by atoms with Crippen molar-refractivity contribution in [3.63, 3.8) is 0 Å². The van der Waals surface area contributed by atoms with Crippen molar-refractivity contribution in [1.29, 1.82) is 0 Å². The molecule has 0 aromatic carbocycles. The third kappa shape index (κ3) is 4.37. The summed E-state index contributed by atoms with van der Waals surface area (Å²) in [5, 5.41) is 3.15. The van der Waals surface area contributed by atoms with Gasteiger partial charge in [-0.05, 0) is 42.9 Å². The van der Waals surface area contributed by atoms with Crippen molar-refractivity contribution in [3.8, 4) is 0 Å². The Kier molecular flexibility index (Phi) is 5.08. The monoisotopic (exact) mass is 341 g/mol. The summed E-state index contributed by atoms with van der Waals surface area (Å²) in [5.74, 6) is 0.958. The van der Waals surface area contributed by atoms with Crippen LogP contribution >= 0.6 is 0 Å². The van der Waals surface area contributed by atoms with Crippen LogP contribution in [-0.4, -0.2) is 27.2 Å². The second kappa shape index (κ2) is 6.16. The number of fused-ring (bicyclic) bond motifs is 2. The molecular formula is C19H35NO2S. The van der Waals surface area contributed by atoms with E-state index in [9.17, 15) is 9.00 Å². The van der Waals surface area contributed by atoms with Gasteiger partial charge in [-0.2, -0.15) is 0 Å². The first-order valence-electron chi connectivity index (χ1n) is 9.05. The Bertz CT molecular complexity index is 479. The minimum atomic E-state index is -0.818. The van der Waals surface area contributed by atoms with Crippen LogP contribution in [0.5, 0.6) is 0 Å². The highest BCUT2D eigenvalue weighted by molar-refractivity contribution is 7.86. The van der Waals surface area contributed by atoms with Crippen LogP contribution in [0, 0.1) is 16.2 Å². The van der Waals surface area contributed by atoms with Gasteiger partial charge in [0.05, 0.1) is 5.41 Å². The van der Waals surface area contributed by atoms with Crippen LogP contribution in [0.3, 0.4) is 0 Å². The molecule has 134 valence electrons. The van der Waals surface area contributed by atoms with Gasteiger partial charge in [0.2, 0.25) is 5.91 Å². The van der Waals surface area contributed by atoms with Gasteiger partial charge in [-0.15, -0.1) is 0 Å². The maximum absolute atomic E-state index is 12.9. The maximum Gasteiger partial charge on any atom is 0.226 e. The summed E-state index contributed by atoms with van der Waals surface area (Å²) in [7, 11) is -0.818. The summed E-state index contributed by atoms with van der Waals surface area (Å²) in [4.78, 5) is 12.7. The van der Waals surface area contributed by atoms with Crippen molar-refractivity contribution < 1.29 is 9.00 Å². The summed E-state index contributed by atoms with van der Waals surface area (Å²) in [6, 6.07) is 0. The summed E-state index contributed by atoms with van der Waals surface area (Å²) in [5.41, 5.74) is 0.114. The topological polar surface area (TPSA) is 46.2 Å². The molecule has 2 bridgehead atoms. The number of carbonyl (C=O) groups excluding carboxylic acids is 1. The first kappa shape index (κ1) is 19.0. The zero-order valence-electron chi connectivity index (χ0n) is 15.9. The first-order chi connectivity index (χ1) is 10.4. The smallest absolute Gasteiger partial charge is 0.226 e. The Morgan fingerprint density at radius 2 is 1.65 bits per heavy atom. The van der Waals surface area contributed by atoms with Crippen molar-refractivity contribution in [1.82, 2.24) is 5.32 Å². The van der Waals surface area contributed by atoms with E-state index in [1.165, 1.54) is 0 Å². The van der Waals surface area contributed by atoms with E-state index in [1.54, 1.807) is 0 Å². The van der Waals surface area contributed by atoms with Gasteiger partial charge in [-0.3, -0.25) is 9.00 Å². The van der Waals surface area contributed by atoms with Gasteiger partial charge in [0.1, 0.15) is 0 Å². The quantitative estimate of drug-likeness (QED) is 0.820. The lowest BCUT2D eigenvalue weighted by Crippen LogP contribution is -2.64. The van der Waals surface area contributed by atoms with E-state index in [4.69, 9.17) is 0 Å². The highest BCUT2D eigenvalue weighted by Crippen LogP contribution is 2.61. The van der Waals surface area contributed by atoms with E-state index in [-0.39, 0.29) is 26.9 Å². The molecule has 0 aromatic heterocycles. The fourth-order valence-electron chi connectivity index (χ4n) is 4.12. The SMILES string of the molecule is CC(C)(C)CCNC(=O)C12CCCC(S(=O)CC(C)(C)C)(C1)C2. The van der Waals surface area contributed by atoms with Crippen molar-refractivity contribution in [2.24, 2.45) is 16.2 Å². The summed E-state index contributed by atoms with van der Waals surface area (Å²) in [6.07, 6.45) is 5.72. The maximum atomic E-state index is 12.9. The molecule has 3 rings (SSSR count). The van der Waals surface area contributed by atoms with Crippen molar-refractivity contribution in [2.45, 2.75) is 84.8 Å². The molecule has 3 saturated carbocycles. The Morgan fingerprint density at radius 3 is 2.17 bits per heavy atom. The molecular weight excluding hydrogens is 306 g/mol. The van der Waals surface area contributed by atoms with Crippen molar-refractivity contribution in [3.05, 3.63) is 0 Å². The summed E-state index contributed by atoms with van der Waals surface area (Å²) in [6.45, 7) is 13.8. The molecule has 0 heterocycles. The zero-order chi connectivity index (χ0) is 17.5. The average Bonchev–Trinajstić information content (AvgIpc) is 2.34. The van der Waals surface area contributed by atoms with E-state index in [2.05, 4.69) is 46.9 Å². The molecule has 3 nitrogen and oxygen atoms in total. The fourth-order valence-corrected chi connectivity index (χ4v) is 6.46. The van der Waals surface area contributed by atoms with Gasteiger partial charge in [0.25, 0.3) is 0 Å². The Hall–Kier alpha value is -0.380. The molecule has 23 heavy (non-hydrogen) atoms. The normalized spacial score (nSPS) is 32.1. The molecule has 1 atom stereocenters. The molecule has 1 unspecified atom stereocenters. The summed E-state index contributed by atoms with van der Waals surface area (Å²) < 4.78 is 12.8. The van der Waals surface area contributed by atoms with Gasteiger partial charge in [0, 0.05) is 27.8 Å². The number of amides is 1. The standard InChI is InChI=1S/C19H35NO2S/c1-16(2,3)10-11-20-15(21)18-8-7-9-19(12-18,13-18)23(22)14-17(4,5)6/h7-14H2,1-6H3,(H,20,21). The Labute approximate surface area is 144 Å². The third-order valence-corrected chi connectivity index (χ3v) is 7.89. The van der Waals surface area contributed by atoms with Crippen LogP contribution in [0.25, 0.3) is 0 Å². The lowest BCUT2D eigenvalue weighted by atomic mass is 9.53. The molecule has 1 amide bonds. The first-order valence-corrected chi connectivity index (χ1v) is 10.4. The molecule has 0 spiro atoms. The molecule has 4 heteroatoms. The molecule has 3 aliphatic rings. The number of hydrogen-bond acceptors (Lipinski definition) is 2. The molecule has 0 saturated heterocycles. The summed E-state index contributed by atoms with van der Waals surface area (Å²) >= 11 is 0. The second-order valence-electron chi connectivity index (χ2n) is 10.3. The fraction of sp³-hybridized carbons (Fsp3) is 0.947. The van der Waals surface area contributed by atoms with Gasteiger partial charge < -0.3 is 5.32 Å². The molecule has 3 aliphatic carbocycles. The van der Waals surface area contributed by atoms with Crippen molar-refractivity contribution >= 4 is 16.7 Å². The van der Waals surface area contributed by atoms with E-state index in [0.29, 0.717) is 0 Å². The number of rotatable bonds is 5. The zero-order valence-corrected chi connectivity index (χ0v) is 16.7. The van der Waals surface area contributed by atoms with Gasteiger partial charge >= 0.3 is 0 Å². The minimum absolute atomic E-state index is 0.0765. The Balaban J connectivity index is 1.93. The van der Waals surface area contributed by atoms with Crippen molar-refractivity contribution in [2.75, 3.05) is 12.3 Å². The molecule has 0 aromatic rings. The second-order valence-corrected chi connectivity index (χ2v) is 12.1. The highest BCUT2D eigenvalue weighted by Gasteiger charge is 2.63. The van der Waals surface area contributed by atoms with Crippen LogP contribution in [0.2, 0.25) is 0 Å². The molecule has 0 aliphatic heterocycles. The molecule has 3 fully saturated rings. The van der Waals surface area contributed by atoms with Crippen LogP contribution in [0.15, 0.2) is 0 Å². The van der Waals surface area contributed by atoms with Gasteiger partial charge in [0.15, 0.2) is 0 Å². The van der Waals surface area contributed by atoms with E-state index >= 15 is 0 Å². The minimum Gasteiger partial charge on any atom is -0.356 e. The van der Waals surface area contributed by atoms with Crippen LogP contribution in [-0.2, 0) is 15.6 Å². The third-order valence-electron chi connectivity index (χ3n) is 5.30. The predicted octanol–water partition coefficient (Wildman–Crippen LogP) is 4.04. The average molecular weight is 342 g/mol. The van der Waals surface area contributed by atoms with Gasteiger partial charge in [-0.1, -0.05) is 48.0 Å². The number of carbonyl (C=O) groups is 1. The number of hydrogen-bond donors (Lipinski definition) is 1. The lowest BCUT2D eigenvalue weighted by molar-refractivity contribution is -0.142. The molecule has 0 radical (unpaired) electrons. The Morgan fingerprint density at radius 1 is 1.04 bits per heavy atom. The molecule has 1 N–H and O–H groups in total. The predicted molar refractivity (Wildman–Crippen MR) is 97.8 cm³/mol. The van der Waals surface area contributed by atoms with E-state index in [0.717, 1.165) is 50.8 Å². The van der Waals surface area contributed by atoms with E-state index < -0.39 is 10.8 Å². The number of nitrogens with one attached hydrogen (secondary N) is 1. The van der Waals surface area contributed by atoms with Crippen LogP contribution < -0.4 is 5.32 Å². The van der Waals surface area contributed by atoms with Crippen LogP contribution in [0.1, 0.15) is 80.1 Å².